The van der Waals surface area contributed by atoms with Crippen LogP contribution in [-0.2, 0) is 4.79 Å². The highest BCUT2D eigenvalue weighted by Crippen LogP contribution is 2.34. The highest BCUT2D eigenvalue weighted by molar-refractivity contribution is 9.10. The van der Waals surface area contributed by atoms with E-state index in [1.54, 1.807) is 6.07 Å². The van der Waals surface area contributed by atoms with Crippen LogP contribution in [-0.4, -0.2) is 22.5 Å². The standard InChI is InChI=1S/C16H20BrNO3/c1-10-11(6-5-8-13(10)17)14(19)18-16(2)9-4-3-7-12(16)15(20)21/h5-6,8,12H,3-4,7,9H2,1-2H3,(H,18,19)(H,20,21). The second kappa shape index (κ2) is 6.18. The number of carbonyl (C=O) groups excluding carboxylic acids is 1. The number of amides is 1. The lowest BCUT2D eigenvalue weighted by Crippen LogP contribution is -2.55. The molecule has 0 bridgehead atoms. The van der Waals surface area contributed by atoms with Crippen molar-refractivity contribution < 1.29 is 14.7 Å². The maximum atomic E-state index is 12.5. The predicted octanol–water partition coefficient (Wildman–Crippen LogP) is 3.52. The molecule has 2 atom stereocenters. The van der Waals surface area contributed by atoms with Crippen molar-refractivity contribution in [3.63, 3.8) is 0 Å². The van der Waals surface area contributed by atoms with Gasteiger partial charge in [-0.2, -0.15) is 0 Å². The average molecular weight is 354 g/mol. The van der Waals surface area contributed by atoms with Crippen LogP contribution in [0.2, 0.25) is 0 Å². The molecule has 4 nitrogen and oxygen atoms in total. The minimum absolute atomic E-state index is 0.204. The molecule has 0 aliphatic heterocycles. The topological polar surface area (TPSA) is 66.4 Å². The van der Waals surface area contributed by atoms with Crippen LogP contribution in [0.15, 0.2) is 22.7 Å². The molecule has 1 fully saturated rings. The number of rotatable bonds is 3. The summed E-state index contributed by atoms with van der Waals surface area (Å²) in [6.45, 7) is 3.72. The smallest absolute Gasteiger partial charge is 0.308 e. The summed E-state index contributed by atoms with van der Waals surface area (Å²) in [5.41, 5.74) is 0.761. The van der Waals surface area contributed by atoms with Gasteiger partial charge in [-0.3, -0.25) is 9.59 Å². The van der Waals surface area contributed by atoms with Crippen LogP contribution in [0.3, 0.4) is 0 Å². The molecule has 2 rings (SSSR count). The predicted molar refractivity (Wildman–Crippen MR) is 84.3 cm³/mol. The Morgan fingerprint density at radius 3 is 2.76 bits per heavy atom. The highest BCUT2D eigenvalue weighted by atomic mass is 79.9. The molecule has 1 aliphatic rings. The van der Waals surface area contributed by atoms with Crippen LogP contribution < -0.4 is 5.32 Å². The van der Waals surface area contributed by atoms with E-state index in [2.05, 4.69) is 21.2 Å². The monoisotopic (exact) mass is 353 g/mol. The van der Waals surface area contributed by atoms with Gasteiger partial charge in [0.2, 0.25) is 0 Å². The van der Waals surface area contributed by atoms with Crippen molar-refractivity contribution in [3.8, 4) is 0 Å². The number of halogens is 1. The van der Waals surface area contributed by atoms with E-state index in [-0.39, 0.29) is 5.91 Å². The number of carboxylic acids is 1. The van der Waals surface area contributed by atoms with Crippen molar-refractivity contribution in [2.75, 3.05) is 0 Å². The van der Waals surface area contributed by atoms with Gasteiger partial charge in [-0.05, 0) is 44.4 Å². The van der Waals surface area contributed by atoms with E-state index in [0.717, 1.165) is 22.9 Å². The Hall–Kier alpha value is -1.36. The molecule has 21 heavy (non-hydrogen) atoms. The fourth-order valence-corrected chi connectivity index (χ4v) is 3.43. The number of hydrogen-bond donors (Lipinski definition) is 2. The molecule has 1 aliphatic carbocycles. The third kappa shape index (κ3) is 3.28. The number of carbonyl (C=O) groups is 2. The molecule has 0 aromatic heterocycles. The van der Waals surface area contributed by atoms with Crippen LogP contribution in [0.25, 0.3) is 0 Å². The van der Waals surface area contributed by atoms with Crippen LogP contribution in [0.4, 0.5) is 0 Å². The van der Waals surface area contributed by atoms with Crippen molar-refractivity contribution in [1.82, 2.24) is 5.32 Å². The largest absolute Gasteiger partial charge is 0.481 e. The Balaban J connectivity index is 2.24. The second-order valence-electron chi connectivity index (χ2n) is 5.92. The summed E-state index contributed by atoms with van der Waals surface area (Å²) in [7, 11) is 0. The normalized spacial score (nSPS) is 25.4. The van der Waals surface area contributed by atoms with E-state index < -0.39 is 17.4 Å². The van der Waals surface area contributed by atoms with Gasteiger partial charge in [0.05, 0.1) is 11.5 Å². The minimum atomic E-state index is -0.830. The summed E-state index contributed by atoms with van der Waals surface area (Å²) in [6.07, 6.45) is 3.16. The van der Waals surface area contributed by atoms with E-state index >= 15 is 0 Å². The average Bonchev–Trinajstić information content (AvgIpc) is 2.41. The molecule has 5 heteroatoms. The maximum absolute atomic E-state index is 12.5. The van der Waals surface area contributed by atoms with E-state index in [4.69, 9.17) is 0 Å². The highest BCUT2D eigenvalue weighted by Gasteiger charge is 2.42. The molecule has 1 amide bonds. The first kappa shape index (κ1) is 16.0. The summed E-state index contributed by atoms with van der Waals surface area (Å²) >= 11 is 3.41. The molecule has 0 spiro atoms. The Kier molecular flexibility index (Phi) is 4.71. The van der Waals surface area contributed by atoms with E-state index in [1.807, 2.05) is 26.0 Å². The summed E-state index contributed by atoms with van der Waals surface area (Å²) in [6, 6.07) is 5.45. The molecular formula is C16H20BrNO3. The van der Waals surface area contributed by atoms with Crippen molar-refractivity contribution in [2.45, 2.75) is 45.1 Å². The quantitative estimate of drug-likeness (QED) is 0.873. The zero-order valence-corrected chi connectivity index (χ0v) is 13.9. The molecule has 0 saturated heterocycles. The van der Waals surface area contributed by atoms with Gasteiger partial charge in [-0.15, -0.1) is 0 Å². The van der Waals surface area contributed by atoms with Gasteiger partial charge < -0.3 is 10.4 Å². The lowest BCUT2D eigenvalue weighted by molar-refractivity contribution is -0.145. The molecule has 1 aromatic rings. The van der Waals surface area contributed by atoms with Crippen LogP contribution >= 0.6 is 15.9 Å². The fourth-order valence-electron chi connectivity index (χ4n) is 3.06. The molecule has 0 heterocycles. The first-order valence-corrected chi connectivity index (χ1v) is 7.95. The summed E-state index contributed by atoms with van der Waals surface area (Å²) in [5.74, 6) is -1.56. The van der Waals surface area contributed by atoms with Crippen LogP contribution in [0.1, 0.15) is 48.5 Å². The third-order valence-corrected chi connectivity index (χ3v) is 5.28. The van der Waals surface area contributed by atoms with E-state index in [9.17, 15) is 14.7 Å². The zero-order chi connectivity index (χ0) is 15.6. The number of aliphatic carboxylic acids is 1. The van der Waals surface area contributed by atoms with E-state index in [1.165, 1.54) is 0 Å². The van der Waals surface area contributed by atoms with Gasteiger partial charge in [0.15, 0.2) is 0 Å². The third-order valence-electron chi connectivity index (χ3n) is 4.42. The van der Waals surface area contributed by atoms with Gasteiger partial charge in [0.25, 0.3) is 5.91 Å². The minimum Gasteiger partial charge on any atom is -0.481 e. The number of nitrogens with one attached hydrogen (secondary N) is 1. The molecule has 114 valence electrons. The van der Waals surface area contributed by atoms with Crippen molar-refractivity contribution >= 4 is 27.8 Å². The van der Waals surface area contributed by atoms with Gasteiger partial charge in [-0.25, -0.2) is 0 Å². The van der Waals surface area contributed by atoms with Crippen LogP contribution in [0, 0.1) is 12.8 Å². The Labute approximate surface area is 133 Å². The molecule has 2 unspecified atom stereocenters. The second-order valence-corrected chi connectivity index (χ2v) is 6.77. The molecule has 2 N–H and O–H groups in total. The lowest BCUT2D eigenvalue weighted by atomic mass is 9.73. The number of benzene rings is 1. The van der Waals surface area contributed by atoms with Gasteiger partial charge in [-0.1, -0.05) is 34.8 Å². The summed E-state index contributed by atoms with van der Waals surface area (Å²) < 4.78 is 0.874. The molecule has 0 radical (unpaired) electrons. The van der Waals surface area contributed by atoms with E-state index in [0.29, 0.717) is 18.4 Å². The molecule has 1 saturated carbocycles. The maximum Gasteiger partial charge on any atom is 0.308 e. The fraction of sp³-hybridized carbons (Fsp3) is 0.500. The van der Waals surface area contributed by atoms with Crippen molar-refractivity contribution in [3.05, 3.63) is 33.8 Å². The van der Waals surface area contributed by atoms with Crippen molar-refractivity contribution in [1.29, 1.82) is 0 Å². The van der Waals surface area contributed by atoms with Gasteiger partial charge >= 0.3 is 5.97 Å². The Morgan fingerprint density at radius 1 is 1.38 bits per heavy atom. The SMILES string of the molecule is Cc1c(Br)cccc1C(=O)NC1(C)CCCCC1C(=O)O. The zero-order valence-electron chi connectivity index (χ0n) is 12.3. The summed E-state index contributed by atoms with van der Waals surface area (Å²) in [5, 5.41) is 12.4. The number of hydrogen-bond acceptors (Lipinski definition) is 2. The first-order valence-electron chi connectivity index (χ1n) is 7.15. The van der Waals surface area contributed by atoms with Gasteiger partial charge in [0, 0.05) is 10.0 Å². The Morgan fingerprint density at radius 2 is 2.10 bits per heavy atom. The van der Waals surface area contributed by atoms with Crippen molar-refractivity contribution in [2.24, 2.45) is 5.92 Å². The first-order chi connectivity index (χ1) is 9.85. The van der Waals surface area contributed by atoms with Crippen LogP contribution in [0.5, 0.6) is 0 Å². The lowest BCUT2D eigenvalue weighted by Gasteiger charge is -2.40. The Bertz CT molecular complexity index is 573. The number of carboxylic acid groups (broad SMARTS) is 1. The summed E-state index contributed by atoms with van der Waals surface area (Å²) in [4.78, 5) is 24.0. The van der Waals surface area contributed by atoms with Gasteiger partial charge in [0.1, 0.15) is 0 Å². The molecule has 1 aromatic carbocycles. The molecular weight excluding hydrogens is 334 g/mol.